The van der Waals surface area contributed by atoms with Crippen LogP contribution in [0.4, 0.5) is 0 Å². The van der Waals surface area contributed by atoms with Gasteiger partial charge in [-0.3, -0.25) is 8.98 Å². The highest BCUT2D eigenvalue weighted by molar-refractivity contribution is 7.85. The van der Waals surface area contributed by atoms with E-state index < -0.39 is 27.6 Å². The molecule has 0 spiro atoms. The molecule has 0 aliphatic carbocycles. The fraction of sp³-hybridized carbons (Fsp3) is 0.409. The second kappa shape index (κ2) is 9.49. The van der Waals surface area contributed by atoms with E-state index in [1.807, 2.05) is 6.07 Å². The minimum absolute atomic E-state index is 0.121. The molecule has 0 bridgehead atoms. The molecular weight excluding hydrogens is 406 g/mol. The van der Waals surface area contributed by atoms with Crippen LogP contribution in [0.3, 0.4) is 0 Å². The number of carbonyl (C=O) groups excluding carboxylic acids is 2. The van der Waals surface area contributed by atoms with Crippen LogP contribution in [0, 0.1) is 0 Å². The normalized spacial score (nSPS) is 13.0. The zero-order valence-corrected chi connectivity index (χ0v) is 18.7. The summed E-state index contributed by atoms with van der Waals surface area (Å²) in [6.45, 7) is 6.73. The first-order valence-corrected chi connectivity index (χ1v) is 11.4. The molecule has 1 aromatic heterocycles. The maximum Gasteiger partial charge on any atom is 0.338 e. The Morgan fingerprint density at radius 1 is 1.10 bits per heavy atom. The summed E-state index contributed by atoms with van der Waals surface area (Å²) < 4.78 is 33.6. The molecule has 1 heterocycles. The van der Waals surface area contributed by atoms with E-state index in [1.54, 1.807) is 52.0 Å². The van der Waals surface area contributed by atoms with Crippen LogP contribution >= 0.6 is 0 Å². The fourth-order valence-corrected chi connectivity index (χ4v) is 3.12. The number of carbonyl (C=O) groups is 2. The molecule has 7 nitrogen and oxygen atoms in total. The Hall–Kier alpha value is -2.58. The number of ketones is 1. The fourth-order valence-electron chi connectivity index (χ4n) is 2.74. The quantitative estimate of drug-likeness (QED) is 0.355. The third-order valence-corrected chi connectivity index (χ3v) is 4.66. The van der Waals surface area contributed by atoms with Gasteiger partial charge < -0.3 is 4.74 Å². The summed E-state index contributed by atoms with van der Waals surface area (Å²) in [4.78, 5) is 29.5. The van der Waals surface area contributed by atoms with Gasteiger partial charge in [-0.15, -0.1) is 0 Å². The van der Waals surface area contributed by atoms with E-state index in [1.165, 1.54) is 12.1 Å². The molecule has 1 unspecified atom stereocenters. The second-order valence-corrected chi connectivity index (χ2v) is 9.54. The SMILES string of the molecule is CCC(=O)c1cc(C(=O)OC(C)(C)C)cc(C(COS(C)(=O)=O)c2ccccc2)n1. The molecule has 2 aromatic rings. The summed E-state index contributed by atoms with van der Waals surface area (Å²) >= 11 is 0. The van der Waals surface area contributed by atoms with E-state index in [-0.39, 0.29) is 30.1 Å². The molecule has 2 rings (SSSR count). The highest BCUT2D eigenvalue weighted by Crippen LogP contribution is 2.26. The molecule has 30 heavy (non-hydrogen) atoms. The van der Waals surface area contributed by atoms with Crippen molar-refractivity contribution in [1.82, 2.24) is 4.98 Å². The van der Waals surface area contributed by atoms with Gasteiger partial charge in [0.15, 0.2) is 5.78 Å². The molecule has 0 aliphatic heterocycles. The van der Waals surface area contributed by atoms with Crippen molar-refractivity contribution in [2.45, 2.75) is 45.6 Å². The largest absolute Gasteiger partial charge is 0.456 e. The van der Waals surface area contributed by atoms with Crippen LogP contribution in [-0.2, 0) is 19.0 Å². The van der Waals surface area contributed by atoms with Crippen LogP contribution in [0.2, 0.25) is 0 Å². The molecule has 0 aliphatic rings. The third kappa shape index (κ3) is 7.03. The number of aromatic nitrogens is 1. The van der Waals surface area contributed by atoms with Crippen molar-refractivity contribution < 1.29 is 26.9 Å². The highest BCUT2D eigenvalue weighted by atomic mass is 32.2. The first kappa shape index (κ1) is 23.7. The van der Waals surface area contributed by atoms with Crippen LogP contribution in [0.25, 0.3) is 0 Å². The highest BCUT2D eigenvalue weighted by Gasteiger charge is 2.24. The van der Waals surface area contributed by atoms with Gasteiger partial charge in [-0.05, 0) is 38.5 Å². The number of esters is 1. The smallest absolute Gasteiger partial charge is 0.338 e. The summed E-state index contributed by atoms with van der Waals surface area (Å²) in [5, 5.41) is 0. The van der Waals surface area contributed by atoms with Crippen molar-refractivity contribution in [3.05, 3.63) is 65.0 Å². The van der Waals surface area contributed by atoms with Gasteiger partial charge in [0.25, 0.3) is 10.1 Å². The summed E-state index contributed by atoms with van der Waals surface area (Å²) in [6.07, 6.45) is 1.17. The summed E-state index contributed by atoms with van der Waals surface area (Å²) in [6, 6.07) is 12.0. The lowest BCUT2D eigenvalue weighted by Gasteiger charge is -2.21. The molecule has 1 atom stereocenters. The lowest BCUT2D eigenvalue weighted by atomic mass is 9.94. The molecule has 1 aromatic carbocycles. The molecule has 0 saturated heterocycles. The molecular formula is C22H27NO6S. The van der Waals surface area contributed by atoms with Crippen molar-refractivity contribution in [3.63, 3.8) is 0 Å². The monoisotopic (exact) mass is 433 g/mol. The van der Waals surface area contributed by atoms with Gasteiger partial charge >= 0.3 is 5.97 Å². The number of Topliss-reactive ketones (excluding diaryl/α,β-unsaturated/α-hetero) is 1. The Morgan fingerprint density at radius 3 is 2.27 bits per heavy atom. The predicted molar refractivity (Wildman–Crippen MR) is 113 cm³/mol. The number of ether oxygens (including phenoxy) is 1. The lowest BCUT2D eigenvalue weighted by Crippen LogP contribution is -2.25. The van der Waals surface area contributed by atoms with Crippen LogP contribution in [-0.4, -0.2) is 43.6 Å². The van der Waals surface area contributed by atoms with Crippen molar-refractivity contribution in [1.29, 1.82) is 0 Å². The average molecular weight is 434 g/mol. The van der Waals surface area contributed by atoms with Gasteiger partial charge in [0.2, 0.25) is 0 Å². The third-order valence-electron chi connectivity index (χ3n) is 4.09. The standard InChI is InChI=1S/C22H27NO6S/c1-6-20(24)19-13-16(21(25)29-22(2,3)4)12-18(23-19)17(14-28-30(5,26)27)15-10-8-7-9-11-15/h7-13,17H,6,14H2,1-5H3. The van der Waals surface area contributed by atoms with Gasteiger partial charge in [-0.2, -0.15) is 8.42 Å². The molecule has 0 fully saturated rings. The van der Waals surface area contributed by atoms with Gasteiger partial charge in [0.05, 0.1) is 30.0 Å². The Kier molecular flexibility index (Phi) is 7.49. The zero-order chi connectivity index (χ0) is 22.5. The average Bonchev–Trinajstić information content (AvgIpc) is 2.66. The lowest BCUT2D eigenvalue weighted by molar-refractivity contribution is 0.00690. The van der Waals surface area contributed by atoms with E-state index in [9.17, 15) is 18.0 Å². The maximum absolute atomic E-state index is 12.7. The van der Waals surface area contributed by atoms with Crippen LogP contribution in [0.1, 0.15) is 72.1 Å². The first-order valence-electron chi connectivity index (χ1n) is 9.57. The molecule has 0 saturated carbocycles. The van der Waals surface area contributed by atoms with Crippen LogP contribution in [0.5, 0.6) is 0 Å². The second-order valence-electron chi connectivity index (χ2n) is 7.90. The van der Waals surface area contributed by atoms with Crippen LogP contribution in [0.15, 0.2) is 42.5 Å². The maximum atomic E-state index is 12.7. The first-order chi connectivity index (χ1) is 13.9. The molecule has 0 N–H and O–H groups in total. The van der Waals surface area contributed by atoms with Gasteiger partial charge in [-0.25, -0.2) is 9.78 Å². The van der Waals surface area contributed by atoms with E-state index in [0.29, 0.717) is 5.69 Å². The van der Waals surface area contributed by atoms with Crippen molar-refractivity contribution in [2.24, 2.45) is 0 Å². The van der Waals surface area contributed by atoms with Crippen molar-refractivity contribution in [3.8, 4) is 0 Å². The number of pyridine rings is 1. The number of nitrogens with zero attached hydrogens (tertiary/aromatic N) is 1. The minimum Gasteiger partial charge on any atom is -0.456 e. The Balaban J connectivity index is 2.59. The number of hydrogen-bond donors (Lipinski definition) is 0. The number of rotatable bonds is 8. The van der Waals surface area contributed by atoms with E-state index in [2.05, 4.69) is 4.98 Å². The van der Waals surface area contributed by atoms with E-state index in [4.69, 9.17) is 8.92 Å². The molecule has 0 radical (unpaired) electrons. The zero-order valence-electron chi connectivity index (χ0n) is 17.8. The minimum atomic E-state index is -3.70. The number of benzene rings is 1. The Morgan fingerprint density at radius 2 is 1.73 bits per heavy atom. The topological polar surface area (TPSA) is 99.6 Å². The van der Waals surface area contributed by atoms with Gasteiger partial charge in [-0.1, -0.05) is 37.3 Å². The molecule has 8 heteroatoms. The predicted octanol–water partition coefficient (Wildman–Crippen LogP) is 3.74. The van der Waals surface area contributed by atoms with E-state index in [0.717, 1.165) is 11.8 Å². The van der Waals surface area contributed by atoms with Crippen molar-refractivity contribution >= 4 is 21.9 Å². The Bertz CT molecular complexity index is 1010. The summed E-state index contributed by atoms with van der Waals surface area (Å²) in [5.41, 5.74) is 0.672. The van der Waals surface area contributed by atoms with Crippen molar-refractivity contribution in [2.75, 3.05) is 12.9 Å². The molecule has 0 amide bonds. The van der Waals surface area contributed by atoms with Crippen LogP contribution < -0.4 is 0 Å². The molecule has 162 valence electrons. The van der Waals surface area contributed by atoms with E-state index >= 15 is 0 Å². The summed E-state index contributed by atoms with van der Waals surface area (Å²) in [5.74, 6) is -1.43. The number of hydrogen-bond acceptors (Lipinski definition) is 7. The Labute approximate surface area is 177 Å². The van der Waals surface area contributed by atoms with Gasteiger partial charge in [0, 0.05) is 6.42 Å². The summed E-state index contributed by atoms with van der Waals surface area (Å²) in [7, 11) is -3.70. The van der Waals surface area contributed by atoms with Gasteiger partial charge in [0.1, 0.15) is 11.3 Å².